The molecule has 2 aromatic heterocycles. The van der Waals surface area contributed by atoms with Gasteiger partial charge in [0.15, 0.2) is 11.6 Å². The number of carbonyl (C=O) groups is 2. The van der Waals surface area contributed by atoms with Crippen LogP contribution in [0.4, 0.5) is 11.4 Å². The highest BCUT2D eigenvalue weighted by molar-refractivity contribution is 7.92. The Morgan fingerprint density at radius 3 is 1.62 bits per heavy atom. The minimum absolute atomic E-state index is 0.0550. The number of carbonyl (C=O) groups excluding carboxylic acids is 2. The van der Waals surface area contributed by atoms with E-state index in [4.69, 9.17) is 61.0 Å². The van der Waals surface area contributed by atoms with Crippen molar-refractivity contribution in [3.8, 4) is 0 Å². The van der Waals surface area contributed by atoms with Gasteiger partial charge in [0, 0.05) is 40.4 Å². The van der Waals surface area contributed by atoms with E-state index in [0.29, 0.717) is 68.3 Å². The van der Waals surface area contributed by atoms with Crippen molar-refractivity contribution in [1.82, 2.24) is 0 Å². The van der Waals surface area contributed by atoms with E-state index < -0.39 is 10.0 Å². The number of ketones is 2. The first-order valence-corrected chi connectivity index (χ1v) is 19.2. The number of benzene rings is 5. The molecule has 7 aromatic rings. The highest BCUT2D eigenvalue weighted by atomic mass is 35.5. The monoisotopic (exact) mass is 806 g/mol. The second-order valence-electron chi connectivity index (χ2n) is 11.8. The van der Waals surface area contributed by atoms with Crippen LogP contribution in [0.5, 0.6) is 0 Å². The number of aryl methyl sites for hydroxylation is 2. The second-order valence-corrected chi connectivity index (χ2v) is 15.1. The van der Waals surface area contributed by atoms with E-state index in [2.05, 4.69) is 4.72 Å². The number of rotatable bonds is 9. The van der Waals surface area contributed by atoms with Gasteiger partial charge in [0.05, 0.1) is 41.8 Å². The van der Waals surface area contributed by atoms with Crippen molar-refractivity contribution < 1.29 is 26.8 Å². The fraction of sp³-hybridized carbons (Fsp3) is 0.100. The summed E-state index contributed by atoms with van der Waals surface area (Å²) in [6.07, 6.45) is 1.18. The number of hydrogen-bond donors (Lipinski definition) is 2. The predicted octanol–water partition coefficient (Wildman–Crippen LogP) is 11.4. The fourth-order valence-corrected chi connectivity index (χ4v) is 7.77. The third-order valence-electron chi connectivity index (χ3n) is 8.34. The molecule has 0 bridgehead atoms. The lowest BCUT2D eigenvalue weighted by Crippen LogP contribution is -2.13. The Morgan fingerprint density at radius 2 is 1.13 bits per heavy atom. The highest BCUT2D eigenvalue weighted by Gasteiger charge is 2.25. The summed E-state index contributed by atoms with van der Waals surface area (Å²) >= 11 is 24.3. The van der Waals surface area contributed by atoms with Crippen molar-refractivity contribution in [2.24, 2.45) is 0 Å². The number of halogens is 4. The van der Waals surface area contributed by atoms with E-state index in [1.807, 2.05) is 56.3 Å². The molecule has 0 aliphatic rings. The van der Waals surface area contributed by atoms with Crippen LogP contribution in [0.3, 0.4) is 0 Å². The Bertz CT molecular complexity index is 2650. The first-order chi connectivity index (χ1) is 25.3. The summed E-state index contributed by atoms with van der Waals surface area (Å²) in [5.74, 6) is 0.809. The molecule has 0 spiro atoms. The zero-order chi connectivity index (χ0) is 38.0. The van der Waals surface area contributed by atoms with Crippen molar-refractivity contribution in [3.63, 3.8) is 0 Å². The Balaban J connectivity index is 0.000000198. The summed E-state index contributed by atoms with van der Waals surface area (Å²) in [6, 6.07) is 28.0. The summed E-state index contributed by atoms with van der Waals surface area (Å²) in [6.45, 7) is 3.86. The van der Waals surface area contributed by atoms with Crippen LogP contribution in [0.1, 0.15) is 57.2 Å². The van der Waals surface area contributed by atoms with Gasteiger partial charge >= 0.3 is 0 Å². The standard InChI is InChI=1S/C23H16Cl3NO4S.C17H14ClNO2/c1-2-20-22(16-5-3-4-6-21(16)31-20)23(28)15-9-7-13(11-18(15)25)27-32(29,30)14-8-10-17(24)19(26)12-14;1-2-14-16(12-5-3-4-6-15(12)21-14)17(20)11-8-7-10(19)9-13(11)18/h3-12,27H,2H2,1H3;3-9H,2,19H2,1H3. The first kappa shape index (κ1) is 38.0. The smallest absolute Gasteiger partial charge is 0.261 e. The average molecular weight is 809 g/mol. The second kappa shape index (κ2) is 15.7. The molecule has 13 heteroatoms. The summed E-state index contributed by atoms with van der Waals surface area (Å²) in [5.41, 5.74) is 9.46. The zero-order valence-corrected chi connectivity index (χ0v) is 32.0. The molecule has 0 fully saturated rings. The van der Waals surface area contributed by atoms with Crippen LogP contribution in [0, 0.1) is 0 Å². The normalized spacial score (nSPS) is 11.4. The quantitative estimate of drug-likeness (QED) is 0.110. The number of fused-ring (bicyclic) bond motifs is 2. The largest absolute Gasteiger partial charge is 0.460 e. The molecule has 5 aromatic carbocycles. The van der Waals surface area contributed by atoms with Gasteiger partial charge in [0.25, 0.3) is 10.0 Å². The van der Waals surface area contributed by atoms with Crippen molar-refractivity contribution in [3.05, 3.63) is 157 Å². The molecule has 8 nitrogen and oxygen atoms in total. The summed E-state index contributed by atoms with van der Waals surface area (Å²) < 4.78 is 39.4. The van der Waals surface area contributed by atoms with E-state index in [9.17, 15) is 18.0 Å². The predicted molar refractivity (Wildman–Crippen MR) is 213 cm³/mol. The van der Waals surface area contributed by atoms with Crippen molar-refractivity contribution in [2.45, 2.75) is 31.6 Å². The lowest BCUT2D eigenvalue weighted by molar-refractivity contribution is 0.103. The van der Waals surface area contributed by atoms with E-state index in [1.165, 1.54) is 36.4 Å². The minimum Gasteiger partial charge on any atom is -0.460 e. The first-order valence-electron chi connectivity index (χ1n) is 16.3. The molecule has 3 N–H and O–H groups in total. The summed E-state index contributed by atoms with van der Waals surface area (Å²) in [4.78, 5) is 26.1. The molecule has 0 aliphatic carbocycles. The van der Waals surface area contributed by atoms with Gasteiger partial charge in [-0.25, -0.2) is 8.42 Å². The molecule has 0 atom stereocenters. The third kappa shape index (κ3) is 7.81. The van der Waals surface area contributed by atoms with Crippen molar-refractivity contribution in [1.29, 1.82) is 0 Å². The molecule has 0 saturated carbocycles. The van der Waals surface area contributed by atoms with Crippen LogP contribution in [0.2, 0.25) is 20.1 Å². The topological polar surface area (TPSA) is 133 Å². The molecule has 2 heterocycles. The van der Waals surface area contributed by atoms with Gasteiger partial charge in [-0.3, -0.25) is 14.3 Å². The molecule has 270 valence electrons. The van der Waals surface area contributed by atoms with Gasteiger partial charge in [-0.1, -0.05) is 96.6 Å². The molecule has 53 heavy (non-hydrogen) atoms. The number of furan rings is 2. The van der Waals surface area contributed by atoms with E-state index in [0.717, 1.165) is 5.39 Å². The lowest BCUT2D eigenvalue weighted by atomic mass is 9.99. The van der Waals surface area contributed by atoms with E-state index in [-0.39, 0.29) is 42.8 Å². The SMILES string of the molecule is CCc1oc2ccccc2c1C(=O)c1ccc(N)cc1Cl.CCc1oc2ccccc2c1C(=O)c1ccc(NS(=O)(=O)c2ccc(Cl)c(Cl)c2)cc1Cl. The Morgan fingerprint density at radius 1 is 0.623 bits per heavy atom. The van der Waals surface area contributed by atoms with Crippen molar-refractivity contribution >= 4 is 101 Å². The van der Waals surface area contributed by atoms with Gasteiger partial charge in [-0.15, -0.1) is 0 Å². The number of nitrogens with one attached hydrogen (secondary N) is 1. The Kier molecular flexibility index (Phi) is 11.2. The number of para-hydroxylation sites is 2. The molecular formula is C40H30Cl4N2O6S. The van der Waals surface area contributed by atoms with Crippen LogP contribution < -0.4 is 10.5 Å². The van der Waals surface area contributed by atoms with Gasteiger partial charge < -0.3 is 14.6 Å². The van der Waals surface area contributed by atoms with E-state index in [1.54, 1.807) is 24.3 Å². The summed E-state index contributed by atoms with van der Waals surface area (Å²) in [7, 11) is -3.94. The lowest BCUT2D eigenvalue weighted by Gasteiger charge is -2.11. The van der Waals surface area contributed by atoms with Gasteiger partial charge in [-0.2, -0.15) is 0 Å². The molecule has 0 unspecified atom stereocenters. The number of anilines is 2. The third-order valence-corrected chi connectivity index (χ3v) is 11.1. The van der Waals surface area contributed by atoms with Crippen LogP contribution in [-0.2, 0) is 22.9 Å². The minimum atomic E-state index is -3.94. The molecule has 0 amide bonds. The van der Waals surface area contributed by atoms with Gasteiger partial charge in [-0.05, 0) is 66.7 Å². The number of hydrogen-bond acceptors (Lipinski definition) is 7. The molecule has 0 aliphatic heterocycles. The van der Waals surface area contributed by atoms with Crippen LogP contribution in [0.25, 0.3) is 21.9 Å². The van der Waals surface area contributed by atoms with Gasteiger partial charge in [0.1, 0.15) is 22.7 Å². The number of nitrogens with two attached hydrogens (primary N) is 1. The van der Waals surface area contributed by atoms with Crippen LogP contribution >= 0.6 is 46.4 Å². The van der Waals surface area contributed by atoms with Crippen LogP contribution in [-0.4, -0.2) is 20.0 Å². The Hall–Kier alpha value is -4.77. The average Bonchev–Trinajstić information content (AvgIpc) is 3.71. The maximum Gasteiger partial charge on any atom is 0.261 e. The van der Waals surface area contributed by atoms with E-state index >= 15 is 0 Å². The number of nitrogen functional groups attached to an aromatic ring is 1. The summed E-state index contributed by atoms with van der Waals surface area (Å²) in [5, 5.41) is 2.34. The molecule has 0 radical (unpaired) electrons. The molecule has 7 rings (SSSR count). The molecule has 0 saturated heterocycles. The maximum atomic E-state index is 13.3. The van der Waals surface area contributed by atoms with Crippen LogP contribution in [0.15, 0.2) is 117 Å². The maximum absolute atomic E-state index is 13.3. The van der Waals surface area contributed by atoms with Crippen molar-refractivity contribution in [2.75, 3.05) is 10.5 Å². The number of sulfonamides is 1. The highest BCUT2D eigenvalue weighted by Crippen LogP contribution is 2.34. The Labute approximate surface area is 325 Å². The van der Waals surface area contributed by atoms with Gasteiger partial charge in [0.2, 0.25) is 0 Å². The fourth-order valence-electron chi connectivity index (χ4n) is 5.79. The molecular weight excluding hydrogens is 778 g/mol. The zero-order valence-electron chi connectivity index (χ0n) is 28.2.